The first-order valence-corrected chi connectivity index (χ1v) is 7.71. The van der Waals surface area contributed by atoms with E-state index < -0.39 is 40.9 Å². The van der Waals surface area contributed by atoms with Crippen molar-refractivity contribution in [1.82, 2.24) is 15.1 Å². The molecule has 0 radical (unpaired) electrons. The van der Waals surface area contributed by atoms with E-state index in [2.05, 4.69) is 17.0 Å². The van der Waals surface area contributed by atoms with Gasteiger partial charge in [-0.25, -0.2) is 4.79 Å². The molecule has 4 N–H and O–H groups in total. The maximum Gasteiger partial charge on any atom is 0.405 e. The second kappa shape index (κ2) is 8.24. The third-order valence-electron chi connectivity index (χ3n) is 3.77. The van der Waals surface area contributed by atoms with Gasteiger partial charge in [0.25, 0.3) is 0 Å². The van der Waals surface area contributed by atoms with Crippen molar-refractivity contribution in [2.75, 3.05) is 0 Å². The van der Waals surface area contributed by atoms with Gasteiger partial charge in [0.15, 0.2) is 5.69 Å². The average Bonchev–Trinajstić information content (AvgIpc) is 3.06. The van der Waals surface area contributed by atoms with Crippen LogP contribution in [0.5, 0.6) is 0 Å². The van der Waals surface area contributed by atoms with Crippen LogP contribution >= 0.6 is 0 Å². The summed E-state index contributed by atoms with van der Waals surface area (Å²) in [5.74, 6) is -0.929. The largest absolute Gasteiger partial charge is 0.465 e. The summed E-state index contributed by atoms with van der Waals surface area (Å²) in [4.78, 5) is 33.0. The first-order chi connectivity index (χ1) is 13.1. The van der Waals surface area contributed by atoms with Crippen LogP contribution in [0.2, 0.25) is 0 Å². The fourth-order valence-corrected chi connectivity index (χ4v) is 2.64. The van der Waals surface area contributed by atoms with E-state index in [0.29, 0.717) is 6.20 Å². The Hall–Kier alpha value is -3.83. The molecule has 2 aromatic rings. The zero-order valence-corrected chi connectivity index (χ0v) is 14.2. The number of aromatic nitrogens is 2. The molecule has 2 amide bonds. The number of amides is 2. The molecule has 1 aromatic carbocycles. The van der Waals surface area contributed by atoms with Crippen molar-refractivity contribution in [3.8, 4) is 11.3 Å². The number of nitro groups is 1. The summed E-state index contributed by atoms with van der Waals surface area (Å²) >= 11 is 0. The number of halogens is 2. The monoisotopic (exact) mass is 395 g/mol. The maximum absolute atomic E-state index is 13.3. The molecule has 0 aliphatic carbocycles. The van der Waals surface area contributed by atoms with E-state index in [1.165, 1.54) is 18.2 Å². The Bertz CT molecular complexity index is 944. The van der Waals surface area contributed by atoms with Crippen LogP contribution in [0, 0.1) is 10.1 Å². The Balaban J connectivity index is 2.75. The predicted octanol–water partition coefficient (Wildman–Crippen LogP) is 2.84. The molecular weight excluding hydrogens is 380 g/mol. The van der Waals surface area contributed by atoms with Gasteiger partial charge >= 0.3 is 18.3 Å². The summed E-state index contributed by atoms with van der Waals surface area (Å²) in [5.41, 5.74) is 3.92. The van der Waals surface area contributed by atoms with E-state index in [1.54, 1.807) is 0 Å². The highest BCUT2D eigenvalue weighted by Gasteiger charge is 2.28. The first kappa shape index (κ1) is 20.5. The zero-order chi connectivity index (χ0) is 21.0. The number of hydrogen-bond acceptors (Lipinski definition) is 5. The Morgan fingerprint density at radius 3 is 2.61 bits per heavy atom. The number of nitrogens with zero attached hydrogens (tertiary/aromatic N) is 3. The molecule has 1 atom stereocenters. The van der Waals surface area contributed by atoms with E-state index >= 15 is 0 Å². The topological polar surface area (TPSA) is 153 Å². The normalized spacial score (nSPS) is 11.8. The molecule has 1 heterocycles. The van der Waals surface area contributed by atoms with E-state index in [9.17, 15) is 28.5 Å². The SMILES string of the molecule is C=CCC(NC(=O)O)c1cc(C(N)=O)cc(-c2c([N+](=O)[O-])cnn2C(F)F)c1. The quantitative estimate of drug-likeness (QED) is 0.355. The van der Waals surface area contributed by atoms with Crippen LogP contribution in [0.25, 0.3) is 11.3 Å². The maximum atomic E-state index is 13.3. The molecule has 0 saturated carbocycles. The summed E-state index contributed by atoms with van der Waals surface area (Å²) in [5, 5.41) is 25.8. The van der Waals surface area contributed by atoms with Crippen LogP contribution in [0.15, 0.2) is 37.1 Å². The van der Waals surface area contributed by atoms with Gasteiger partial charge < -0.3 is 16.2 Å². The van der Waals surface area contributed by atoms with Gasteiger partial charge in [0, 0.05) is 11.1 Å². The second-order valence-electron chi connectivity index (χ2n) is 5.59. The number of nitrogens with one attached hydrogen (secondary N) is 1. The molecule has 0 saturated heterocycles. The minimum atomic E-state index is -3.19. The molecule has 0 aliphatic heterocycles. The standard InChI is InChI=1S/C16H15F2N5O5/c1-2-3-11(21-16(25)26)8-4-9(6-10(5-8)14(19)24)13-12(23(27)28)7-20-22(13)15(17)18/h2,4-7,11,15,21H,1,3H2,(H2,19,24)(H,25,26). The van der Waals surface area contributed by atoms with Crippen molar-refractivity contribution in [1.29, 1.82) is 0 Å². The Kier molecular flexibility index (Phi) is 6.03. The first-order valence-electron chi connectivity index (χ1n) is 7.71. The summed E-state index contributed by atoms with van der Waals surface area (Å²) in [6, 6.07) is 2.72. The van der Waals surface area contributed by atoms with Gasteiger partial charge in [-0.15, -0.1) is 6.58 Å². The lowest BCUT2D eigenvalue weighted by Gasteiger charge is -2.18. The number of primary amides is 1. The minimum absolute atomic E-state index is 0.101. The fraction of sp³-hybridized carbons (Fsp3) is 0.188. The average molecular weight is 395 g/mol. The number of carboxylic acid groups (broad SMARTS) is 1. The van der Waals surface area contributed by atoms with Crippen molar-refractivity contribution in [2.24, 2.45) is 5.73 Å². The van der Waals surface area contributed by atoms with Crippen LogP contribution in [0.4, 0.5) is 19.3 Å². The number of rotatable bonds is 8. The smallest absolute Gasteiger partial charge is 0.405 e. The Morgan fingerprint density at radius 1 is 1.43 bits per heavy atom. The molecule has 0 fully saturated rings. The van der Waals surface area contributed by atoms with Crippen LogP contribution in [-0.4, -0.2) is 31.8 Å². The number of carbonyl (C=O) groups excluding carboxylic acids is 1. The molecule has 12 heteroatoms. The molecular formula is C16H15F2N5O5. The van der Waals surface area contributed by atoms with Gasteiger partial charge in [-0.2, -0.15) is 18.6 Å². The van der Waals surface area contributed by atoms with Gasteiger partial charge in [-0.3, -0.25) is 14.9 Å². The van der Waals surface area contributed by atoms with E-state index in [-0.39, 0.29) is 27.8 Å². The third kappa shape index (κ3) is 4.28. The van der Waals surface area contributed by atoms with E-state index in [0.717, 1.165) is 6.07 Å². The molecule has 10 nitrogen and oxygen atoms in total. The van der Waals surface area contributed by atoms with E-state index in [1.807, 2.05) is 0 Å². The lowest BCUT2D eigenvalue weighted by atomic mass is 9.96. The van der Waals surface area contributed by atoms with Crippen molar-refractivity contribution in [3.63, 3.8) is 0 Å². The van der Waals surface area contributed by atoms with E-state index in [4.69, 9.17) is 10.8 Å². The Morgan fingerprint density at radius 2 is 2.11 bits per heavy atom. The van der Waals surface area contributed by atoms with Gasteiger partial charge in [0.1, 0.15) is 6.20 Å². The molecule has 1 unspecified atom stereocenters. The number of carbonyl (C=O) groups is 2. The van der Waals surface area contributed by atoms with Gasteiger partial charge in [0.2, 0.25) is 5.91 Å². The highest BCUT2D eigenvalue weighted by molar-refractivity contribution is 5.94. The van der Waals surface area contributed by atoms with Crippen molar-refractivity contribution in [2.45, 2.75) is 19.0 Å². The highest BCUT2D eigenvalue weighted by atomic mass is 19.3. The van der Waals surface area contributed by atoms with Crippen molar-refractivity contribution < 1.29 is 28.4 Å². The van der Waals surface area contributed by atoms with Crippen molar-refractivity contribution in [3.05, 3.63) is 58.3 Å². The van der Waals surface area contributed by atoms with Gasteiger partial charge in [0.05, 0.1) is 11.0 Å². The second-order valence-corrected chi connectivity index (χ2v) is 5.59. The number of benzene rings is 1. The molecule has 28 heavy (non-hydrogen) atoms. The van der Waals surface area contributed by atoms with Crippen LogP contribution < -0.4 is 11.1 Å². The third-order valence-corrected chi connectivity index (χ3v) is 3.77. The zero-order valence-electron chi connectivity index (χ0n) is 14.2. The van der Waals surface area contributed by atoms with Crippen molar-refractivity contribution >= 4 is 17.7 Å². The Labute approximate surface area is 156 Å². The van der Waals surface area contributed by atoms with Gasteiger partial charge in [-0.05, 0) is 30.2 Å². The van der Waals surface area contributed by atoms with Gasteiger partial charge in [-0.1, -0.05) is 6.08 Å². The number of hydrogen-bond donors (Lipinski definition) is 3. The van der Waals surface area contributed by atoms with Crippen LogP contribution in [0.1, 0.15) is 34.9 Å². The molecule has 148 valence electrons. The number of nitrogens with two attached hydrogens (primary N) is 1. The lowest BCUT2D eigenvalue weighted by molar-refractivity contribution is -0.384. The molecule has 0 aliphatic rings. The summed E-state index contributed by atoms with van der Waals surface area (Å²) < 4.78 is 26.7. The molecule has 0 bridgehead atoms. The molecule has 2 rings (SSSR count). The van der Waals surface area contributed by atoms with Crippen LogP contribution in [0.3, 0.4) is 0 Å². The predicted molar refractivity (Wildman–Crippen MR) is 92.8 cm³/mol. The fourth-order valence-electron chi connectivity index (χ4n) is 2.64. The minimum Gasteiger partial charge on any atom is -0.465 e. The lowest BCUT2D eigenvalue weighted by Crippen LogP contribution is -2.27. The summed E-state index contributed by atoms with van der Waals surface area (Å²) in [6.45, 7) is 0.321. The molecule has 1 aromatic heterocycles. The van der Waals surface area contributed by atoms with Crippen LogP contribution in [-0.2, 0) is 0 Å². The summed E-state index contributed by atoms with van der Waals surface area (Å²) in [7, 11) is 0. The number of alkyl halides is 2. The molecule has 0 spiro atoms. The highest BCUT2D eigenvalue weighted by Crippen LogP contribution is 2.35. The summed E-state index contributed by atoms with van der Waals surface area (Å²) in [6.07, 6.45) is 0.795.